The average molecular weight is 230 g/mol. The maximum absolute atomic E-state index is 9.01. The lowest BCUT2D eigenvalue weighted by Crippen LogP contribution is -2.13. The van der Waals surface area contributed by atoms with Crippen LogP contribution in [0.4, 0.5) is 0 Å². The molecule has 1 heterocycles. The molecule has 1 atom stereocenters. The Morgan fingerprint density at radius 1 is 1.29 bits per heavy atom. The summed E-state index contributed by atoms with van der Waals surface area (Å²) in [5.74, 6) is 0.228. The van der Waals surface area contributed by atoms with Gasteiger partial charge in [-0.15, -0.1) is 0 Å². The molecule has 0 aliphatic carbocycles. The van der Waals surface area contributed by atoms with E-state index in [2.05, 4.69) is 23.2 Å². The number of pyridine rings is 1. The van der Waals surface area contributed by atoms with Gasteiger partial charge in [0, 0.05) is 17.7 Å². The van der Waals surface area contributed by atoms with Crippen LogP contribution < -0.4 is 5.73 Å². The fourth-order valence-electron chi connectivity index (χ4n) is 2.08. The predicted molar refractivity (Wildman–Crippen MR) is 70.0 cm³/mol. The van der Waals surface area contributed by atoms with Crippen molar-refractivity contribution in [1.29, 1.82) is 0 Å². The van der Waals surface area contributed by atoms with E-state index in [0.717, 1.165) is 16.6 Å². The van der Waals surface area contributed by atoms with Gasteiger partial charge in [-0.2, -0.15) is 0 Å². The molecule has 0 bridgehead atoms. The minimum absolute atomic E-state index is 0.173. The summed E-state index contributed by atoms with van der Waals surface area (Å²) < 4.78 is 0. The molecule has 90 valence electrons. The van der Waals surface area contributed by atoms with Crippen LogP contribution in [0.15, 0.2) is 30.3 Å². The summed E-state index contributed by atoms with van der Waals surface area (Å²) in [4.78, 5) is 4.47. The van der Waals surface area contributed by atoms with Crippen molar-refractivity contribution < 1.29 is 5.11 Å². The summed E-state index contributed by atoms with van der Waals surface area (Å²) in [5, 5.41) is 10.1. The molecule has 2 rings (SSSR count). The van der Waals surface area contributed by atoms with Gasteiger partial charge < -0.3 is 10.8 Å². The zero-order valence-electron chi connectivity index (χ0n) is 10.1. The average Bonchev–Trinajstić information content (AvgIpc) is 2.35. The largest absolute Gasteiger partial charge is 0.396 e. The highest BCUT2D eigenvalue weighted by Gasteiger charge is 2.09. The number of aromatic nitrogens is 1. The van der Waals surface area contributed by atoms with E-state index in [0.29, 0.717) is 13.0 Å². The second kappa shape index (κ2) is 5.25. The van der Waals surface area contributed by atoms with Crippen molar-refractivity contribution in [1.82, 2.24) is 4.98 Å². The second-order valence-electron chi connectivity index (χ2n) is 4.35. The Hall–Kier alpha value is -1.45. The summed E-state index contributed by atoms with van der Waals surface area (Å²) in [5.41, 5.74) is 8.94. The fourth-order valence-corrected chi connectivity index (χ4v) is 2.08. The quantitative estimate of drug-likeness (QED) is 0.844. The third-order valence-electron chi connectivity index (χ3n) is 3.09. The molecule has 0 radical (unpaired) electrons. The second-order valence-corrected chi connectivity index (χ2v) is 4.35. The molecule has 0 saturated heterocycles. The van der Waals surface area contributed by atoms with Crippen molar-refractivity contribution >= 4 is 10.9 Å². The maximum Gasteiger partial charge on any atom is 0.0705 e. The van der Waals surface area contributed by atoms with Gasteiger partial charge in [0.15, 0.2) is 0 Å². The lowest BCUT2D eigenvalue weighted by molar-refractivity contribution is 0.276. The molecule has 0 aliphatic rings. The minimum Gasteiger partial charge on any atom is -0.396 e. The number of benzene rings is 1. The number of hydrogen-bond acceptors (Lipinski definition) is 3. The Morgan fingerprint density at radius 3 is 2.82 bits per heavy atom. The number of aliphatic hydroxyl groups is 1. The van der Waals surface area contributed by atoms with Crippen LogP contribution in [0.1, 0.15) is 23.6 Å². The van der Waals surface area contributed by atoms with Crippen molar-refractivity contribution in [2.75, 3.05) is 13.2 Å². The highest BCUT2D eigenvalue weighted by Crippen LogP contribution is 2.22. The van der Waals surface area contributed by atoms with Crippen LogP contribution in [0.2, 0.25) is 0 Å². The van der Waals surface area contributed by atoms with Crippen LogP contribution in [-0.4, -0.2) is 23.2 Å². The van der Waals surface area contributed by atoms with Gasteiger partial charge in [-0.3, -0.25) is 4.98 Å². The summed E-state index contributed by atoms with van der Waals surface area (Å²) >= 11 is 0. The maximum atomic E-state index is 9.01. The number of fused-ring (bicyclic) bond motifs is 1. The molecule has 1 unspecified atom stereocenters. The highest BCUT2D eigenvalue weighted by molar-refractivity contribution is 5.79. The van der Waals surface area contributed by atoms with Crippen LogP contribution in [0.3, 0.4) is 0 Å². The zero-order valence-corrected chi connectivity index (χ0v) is 10.1. The number of aliphatic hydroxyl groups excluding tert-OH is 1. The molecular weight excluding hydrogens is 212 g/mol. The Labute approximate surface area is 101 Å². The van der Waals surface area contributed by atoms with Crippen LogP contribution >= 0.6 is 0 Å². The van der Waals surface area contributed by atoms with Crippen molar-refractivity contribution in [3.05, 3.63) is 41.6 Å². The molecule has 1 aromatic carbocycles. The van der Waals surface area contributed by atoms with Crippen LogP contribution in [-0.2, 0) is 0 Å². The number of aryl methyl sites for hydroxylation is 1. The van der Waals surface area contributed by atoms with E-state index < -0.39 is 0 Å². The number of hydrogen-bond donors (Lipinski definition) is 2. The lowest BCUT2D eigenvalue weighted by atomic mass is 9.95. The van der Waals surface area contributed by atoms with Crippen LogP contribution in [0.25, 0.3) is 10.9 Å². The van der Waals surface area contributed by atoms with Gasteiger partial charge in [-0.25, -0.2) is 0 Å². The molecule has 1 aromatic heterocycles. The van der Waals surface area contributed by atoms with Gasteiger partial charge in [0.25, 0.3) is 0 Å². The lowest BCUT2D eigenvalue weighted by Gasteiger charge is -2.14. The summed E-state index contributed by atoms with van der Waals surface area (Å²) in [7, 11) is 0. The van der Waals surface area contributed by atoms with Crippen molar-refractivity contribution in [3.63, 3.8) is 0 Å². The summed E-state index contributed by atoms with van der Waals surface area (Å²) in [6.45, 7) is 2.72. The van der Waals surface area contributed by atoms with Gasteiger partial charge in [0.05, 0.1) is 5.52 Å². The smallest absolute Gasteiger partial charge is 0.0705 e. The van der Waals surface area contributed by atoms with E-state index in [-0.39, 0.29) is 12.5 Å². The molecule has 0 fully saturated rings. The molecule has 3 N–H and O–H groups in total. The van der Waals surface area contributed by atoms with Gasteiger partial charge in [-0.1, -0.05) is 12.1 Å². The number of rotatable bonds is 4. The molecule has 0 aliphatic heterocycles. The van der Waals surface area contributed by atoms with Crippen molar-refractivity contribution in [2.45, 2.75) is 19.3 Å². The van der Waals surface area contributed by atoms with Crippen molar-refractivity contribution in [2.24, 2.45) is 5.73 Å². The Kier molecular flexibility index (Phi) is 3.71. The topological polar surface area (TPSA) is 59.1 Å². The zero-order chi connectivity index (χ0) is 12.3. The van der Waals surface area contributed by atoms with Gasteiger partial charge in [0.2, 0.25) is 0 Å². The molecule has 2 aromatic rings. The third-order valence-corrected chi connectivity index (χ3v) is 3.09. The predicted octanol–water partition coefficient (Wildman–Crippen LogP) is 1.97. The Bertz CT molecular complexity index is 511. The molecule has 0 amide bonds. The monoisotopic (exact) mass is 230 g/mol. The van der Waals surface area contributed by atoms with Gasteiger partial charge in [-0.05, 0) is 49.6 Å². The SMILES string of the molecule is Cc1ccc2cc(C(CN)CCO)ccc2n1. The van der Waals surface area contributed by atoms with E-state index in [4.69, 9.17) is 10.8 Å². The first kappa shape index (κ1) is 12.0. The summed E-state index contributed by atoms with van der Waals surface area (Å²) in [6.07, 6.45) is 0.710. The first-order chi connectivity index (χ1) is 8.24. The molecule has 0 saturated carbocycles. The first-order valence-electron chi connectivity index (χ1n) is 5.93. The van der Waals surface area contributed by atoms with E-state index in [1.807, 2.05) is 19.1 Å². The molecular formula is C14H18N2O. The molecule has 3 heteroatoms. The number of nitrogens with two attached hydrogens (primary N) is 1. The molecule has 3 nitrogen and oxygen atoms in total. The normalized spacial score (nSPS) is 12.9. The Balaban J connectivity index is 2.40. The standard InChI is InChI=1S/C14H18N2O/c1-10-2-3-12-8-11(4-5-14(12)16-10)13(9-15)6-7-17/h2-5,8,13,17H,6-7,9,15H2,1H3. The van der Waals surface area contributed by atoms with E-state index in [1.165, 1.54) is 5.56 Å². The Morgan fingerprint density at radius 2 is 2.12 bits per heavy atom. The first-order valence-corrected chi connectivity index (χ1v) is 5.93. The van der Waals surface area contributed by atoms with Gasteiger partial charge >= 0.3 is 0 Å². The summed E-state index contributed by atoms with van der Waals surface area (Å²) in [6, 6.07) is 10.3. The molecule has 0 spiro atoms. The van der Waals surface area contributed by atoms with E-state index >= 15 is 0 Å². The van der Waals surface area contributed by atoms with E-state index in [9.17, 15) is 0 Å². The van der Waals surface area contributed by atoms with Crippen LogP contribution in [0, 0.1) is 6.92 Å². The highest BCUT2D eigenvalue weighted by atomic mass is 16.3. The van der Waals surface area contributed by atoms with E-state index in [1.54, 1.807) is 0 Å². The van der Waals surface area contributed by atoms with Crippen LogP contribution in [0.5, 0.6) is 0 Å². The third kappa shape index (κ3) is 2.62. The van der Waals surface area contributed by atoms with Crippen molar-refractivity contribution in [3.8, 4) is 0 Å². The molecule has 17 heavy (non-hydrogen) atoms. The number of nitrogens with zero attached hydrogens (tertiary/aromatic N) is 1. The fraction of sp³-hybridized carbons (Fsp3) is 0.357. The minimum atomic E-state index is 0.173. The van der Waals surface area contributed by atoms with Gasteiger partial charge in [0.1, 0.15) is 0 Å².